The fraction of sp³-hybridized carbons (Fsp3) is 0.371. The number of nitrogens with zero attached hydrogens (tertiary/aromatic N) is 7. The number of phenolic OH excluding ortho intramolecular Hbond substituents is 1. The molecule has 3 aromatic heterocycles. The van der Waals surface area contributed by atoms with Gasteiger partial charge in [0.05, 0.1) is 36.0 Å². The Labute approximate surface area is 264 Å². The summed E-state index contributed by atoms with van der Waals surface area (Å²) in [6.45, 7) is 2.58. The number of hydrogen-bond donors (Lipinski definition) is 1. The van der Waals surface area contributed by atoms with Crippen molar-refractivity contribution in [2.24, 2.45) is 12.5 Å². The number of fused-ring (bicyclic) bond motifs is 4. The zero-order valence-electron chi connectivity index (χ0n) is 25.7. The van der Waals surface area contributed by atoms with E-state index in [0.29, 0.717) is 42.3 Å². The zero-order chi connectivity index (χ0) is 31.7. The molecule has 5 aromatic rings. The molecule has 0 spiro atoms. The van der Waals surface area contributed by atoms with Crippen LogP contribution in [0.3, 0.4) is 0 Å². The average Bonchev–Trinajstić information content (AvgIpc) is 3.77. The maximum absolute atomic E-state index is 16.8. The Morgan fingerprint density at radius 3 is 2.78 bits per heavy atom. The van der Waals surface area contributed by atoms with Crippen molar-refractivity contribution in [3.8, 4) is 35.4 Å². The second-order valence-electron chi connectivity index (χ2n) is 12.9. The number of aromatic nitrogens is 5. The summed E-state index contributed by atoms with van der Waals surface area (Å²) in [6.07, 6.45) is 14.6. The average molecular weight is 622 g/mol. The number of halogens is 2. The van der Waals surface area contributed by atoms with Crippen molar-refractivity contribution in [3.05, 3.63) is 65.1 Å². The van der Waals surface area contributed by atoms with Crippen LogP contribution >= 0.6 is 0 Å². The summed E-state index contributed by atoms with van der Waals surface area (Å²) in [7, 11) is 4.08. The highest BCUT2D eigenvalue weighted by molar-refractivity contribution is 6.03. The van der Waals surface area contributed by atoms with Crippen LogP contribution in [0.4, 0.5) is 14.6 Å². The Kier molecular flexibility index (Phi) is 6.62. The number of ether oxygens (including phenoxy) is 1. The van der Waals surface area contributed by atoms with Gasteiger partial charge in [0.25, 0.3) is 0 Å². The Hall–Kier alpha value is -4.82. The maximum atomic E-state index is 16.8. The molecule has 234 valence electrons. The minimum atomic E-state index is -0.738. The molecule has 46 heavy (non-hydrogen) atoms. The molecule has 0 amide bonds. The quantitative estimate of drug-likeness (QED) is 0.250. The number of rotatable bonds is 5. The molecular formula is C35H33F2N7O2. The predicted octanol–water partition coefficient (Wildman–Crippen LogP) is 5.71. The second kappa shape index (κ2) is 10.6. The van der Waals surface area contributed by atoms with E-state index < -0.39 is 11.6 Å². The molecule has 0 unspecified atom stereocenters. The number of aromatic hydroxyl groups is 1. The third-order valence-corrected chi connectivity index (χ3v) is 10.3. The van der Waals surface area contributed by atoms with E-state index in [1.807, 2.05) is 22.8 Å². The molecule has 2 fully saturated rings. The molecule has 8 rings (SSSR count). The summed E-state index contributed by atoms with van der Waals surface area (Å²) < 4.78 is 40.0. The number of terminal acetylenes is 1. The highest BCUT2D eigenvalue weighted by Crippen LogP contribution is 2.48. The lowest BCUT2D eigenvalue weighted by Crippen LogP contribution is -2.50. The van der Waals surface area contributed by atoms with Crippen LogP contribution in [-0.2, 0) is 20.1 Å². The number of benzene rings is 2. The van der Waals surface area contributed by atoms with E-state index in [0.717, 1.165) is 49.9 Å². The minimum Gasteiger partial charge on any atom is -0.508 e. The van der Waals surface area contributed by atoms with Gasteiger partial charge in [-0.2, -0.15) is 15.1 Å². The molecule has 0 radical (unpaired) electrons. The standard InChI is InChI=1S/C35H33F2N7O2/c1-4-23-26(36)9-8-20-13-22(45)14-24(29(20)23)31-30(37)32-25(16-38-31)33(44-17-21-15-39-43(3)27(21)18-44)41-34(40-32)46-19-35-10-5-7-28(35)42(2)12-6-11-35/h1,8-9,13-16,28,45H,5-7,10-12,17-19H2,2-3H3/t28-,35-/m1/s1. The fourth-order valence-corrected chi connectivity index (χ4v) is 8.09. The van der Waals surface area contributed by atoms with Crippen LogP contribution in [0.5, 0.6) is 11.8 Å². The maximum Gasteiger partial charge on any atom is 0.319 e. The number of hydrogen-bond acceptors (Lipinski definition) is 8. The minimum absolute atomic E-state index is 0.000836. The van der Waals surface area contributed by atoms with Crippen LogP contribution < -0.4 is 9.64 Å². The predicted molar refractivity (Wildman–Crippen MR) is 170 cm³/mol. The number of piperidine rings is 1. The van der Waals surface area contributed by atoms with E-state index in [1.54, 1.807) is 0 Å². The van der Waals surface area contributed by atoms with Crippen LogP contribution in [0.15, 0.2) is 36.7 Å². The Balaban J connectivity index is 1.28. The molecule has 1 saturated heterocycles. The van der Waals surface area contributed by atoms with Gasteiger partial charge in [-0.15, -0.1) is 6.42 Å². The summed E-state index contributed by atoms with van der Waals surface area (Å²) in [6, 6.07) is 6.07. The van der Waals surface area contributed by atoms with E-state index in [2.05, 4.69) is 32.9 Å². The topological polar surface area (TPSA) is 92.4 Å². The monoisotopic (exact) mass is 621 g/mol. The molecular weight excluding hydrogens is 588 g/mol. The van der Waals surface area contributed by atoms with Gasteiger partial charge in [0.1, 0.15) is 28.6 Å². The van der Waals surface area contributed by atoms with Crippen LogP contribution in [-0.4, -0.2) is 61.0 Å². The first-order valence-corrected chi connectivity index (χ1v) is 15.6. The second-order valence-corrected chi connectivity index (χ2v) is 12.9. The normalized spacial score (nSPS) is 21.1. The molecule has 1 saturated carbocycles. The summed E-state index contributed by atoms with van der Waals surface area (Å²) >= 11 is 0. The van der Waals surface area contributed by atoms with E-state index in [9.17, 15) is 9.50 Å². The number of pyridine rings is 1. The van der Waals surface area contributed by atoms with Gasteiger partial charge in [-0.05, 0) is 62.9 Å². The van der Waals surface area contributed by atoms with Crippen molar-refractivity contribution in [1.82, 2.24) is 29.6 Å². The first-order chi connectivity index (χ1) is 22.3. The van der Waals surface area contributed by atoms with E-state index >= 15 is 4.39 Å². The van der Waals surface area contributed by atoms with Crippen molar-refractivity contribution in [3.63, 3.8) is 0 Å². The van der Waals surface area contributed by atoms with Crippen molar-refractivity contribution < 1.29 is 18.6 Å². The molecule has 11 heteroatoms. The van der Waals surface area contributed by atoms with Gasteiger partial charge in [0, 0.05) is 47.8 Å². The Morgan fingerprint density at radius 1 is 1.11 bits per heavy atom. The molecule has 0 bridgehead atoms. The summed E-state index contributed by atoms with van der Waals surface area (Å²) in [4.78, 5) is 18.5. The highest BCUT2D eigenvalue weighted by Gasteiger charge is 2.47. The van der Waals surface area contributed by atoms with Crippen molar-refractivity contribution >= 4 is 27.5 Å². The van der Waals surface area contributed by atoms with Crippen molar-refractivity contribution in [2.75, 3.05) is 25.1 Å². The number of aryl methyl sites for hydroxylation is 1. The summed E-state index contributed by atoms with van der Waals surface area (Å²) in [5.41, 5.74) is 2.16. The zero-order valence-corrected chi connectivity index (χ0v) is 25.7. The van der Waals surface area contributed by atoms with Crippen LogP contribution in [0.25, 0.3) is 32.9 Å². The lowest BCUT2D eigenvalue weighted by atomic mass is 9.76. The smallest absolute Gasteiger partial charge is 0.319 e. The van der Waals surface area contributed by atoms with Gasteiger partial charge < -0.3 is 19.6 Å². The van der Waals surface area contributed by atoms with Gasteiger partial charge in [-0.1, -0.05) is 18.4 Å². The van der Waals surface area contributed by atoms with Gasteiger partial charge in [0.2, 0.25) is 0 Å². The molecule has 2 aromatic carbocycles. The lowest BCUT2D eigenvalue weighted by molar-refractivity contribution is 0.0133. The first-order valence-electron chi connectivity index (χ1n) is 15.6. The van der Waals surface area contributed by atoms with Gasteiger partial charge in [-0.25, -0.2) is 8.78 Å². The van der Waals surface area contributed by atoms with Crippen molar-refractivity contribution in [2.45, 2.75) is 51.2 Å². The fourth-order valence-electron chi connectivity index (χ4n) is 8.09. The summed E-state index contributed by atoms with van der Waals surface area (Å²) in [5, 5.41) is 16.1. The highest BCUT2D eigenvalue weighted by atomic mass is 19.1. The molecule has 2 aliphatic heterocycles. The number of phenols is 1. The van der Waals surface area contributed by atoms with E-state index in [4.69, 9.17) is 16.1 Å². The molecule has 1 N–H and O–H groups in total. The van der Waals surface area contributed by atoms with Gasteiger partial charge >= 0.3 is 6.01 Å². The molecule has 5 heterocycles. The van der Waals surface area contributed by atoms with Gasteiger partial charge in [-0.3, -0.25) is 9.67 Å². The van der Waals surface area contributed by atoms with Crippen LogP contribution in [0.1, 0.15) is 48.9 Å². The molecule has 9 nitrogen and oxygen atoms in total. The number of likely N-dealkylation sites (tertiary alicyclic amines) is 1. The van der Waals surface area contributed by atoms with Crippen molar-refractivity contribution in [1.29, 1.82) is 0 Å². The summed E-state index contributed by atoms with van der Waals surface area (Å²) in [5.74, 6) is 1.41. The number of anilines is 1. The molecule has 1 aliphatic carbocycles. The SMILES string of the molecule is C#Cc1c(F)ccc2cc(O)cc(-c3ncc4c(N5Cc6cnn(C)c6C5)nc(OC[C@]56CCC[C@H]5N(C)CCC6)nc4c3F)c12. The largest absolute Gasteiger partial charge is 0.508 e. The molecule has 2 atom stereocenters. The third kappa shape index (κ3) is 4.38. The van der Waals surface area contributed by atoms with E-state index in [1.165, 1.54) is 30.5 Å². The van der Waals surface area contributed by atoms with Crippen LogP contribution in [0, 0.1) is 29.4 Å². The van der Waals surface area contributed by atoms with Gasteiger partial charge in [0.15, 0.2) is 5.82 Å². The Bertz CT molecular complexity index is 2090. The van der Waals surface area contributed by atoms with Crippen LogP contribution in [0.2, 0.25) is 0 Å². The molecule has 3 aliphatic rings. The third-order valence-electron chi connectivity index (χ3n) is 10.3. The lowest BCUT2D eigenvalue weighted by Gasteiger charge is -2.44. The van der Waals surface area contributed by atoms with E-state index in [-0.39, 0.29) is 44.9 Å². The first kappa shape index (κ1) is 28.6. The Morgan fingerprint density at radius 2 is 1.96 bits per heavy atom.